The minimum absolute atomic E-state index is 0.0778. The van der Waals surface area contributed by atoms with Crippen LogP contribution in [0.3, 0.4) is 0 Å². The van der Waals surface area contributed by atoms with Crippen molar-refractivity contribution < 1.29 is 14.3 Å². The minimum atomic E-state index is 0.0778. The molecule has 1 N–H and O–H groups in total. The van der Waals surface area contributed by atoms with E-state index in [4.69, 9.17) is 9.47 Å². The van der Waals surface area contributed by atoms with Crippen molar-refractivity contribution in [2.75, 3.05) is 26.3 Å². The van der Waals surface area contributed by atoms with Crippen molar-refractivity contribution in [3.05, 3.63) is 59.9 Å². The van der Waals surface area contributed by atoms with E-state index in [0.29, 0.717) is 12.6 Å². The quantitative estimate of drug-likeness (QED) is 0.781. The van der Waals surface area contributed by atoms with Crippen molar-refractivity contribution in [1.82, 2.24) is 15.2 Å². The lowest BCUT2D eigenvalue weighted by Gasteiger charge is -2.30. The molecule has 0 spiro atoms. The maximum absolute atomic E-state index is 12.3. The summed E-state index contributed by atoms with van der Waals surface area (Å²) in [6.07, 6.45) is 7.84. The van der Waals surface area contributed by atoms with Crippen LogP contribution < -0.4 is 10.1 Å². The Labute approximate surface area is 172 Å². The van der Waals surface area contributed by atoms with Crippen LogP contribution in [0.1, 0.15) is 42.9 Å². The van der Waals surface area contributed by atoms with Crippen LogP contribution in [0.5, 0.6) is 5.75 Å². The number of hydrogen-bond acceptors (Lipinski definition) is 5. The number of hydrogen-bond donors (Lipinski definition) is 1. The van der Waals surface area contributed by atoms with Crippen molar-refractivity contribution in [3.63, 3.8) is 0 Å². The number of pyridine rings is 1. The lowest BCUT2D eigenvalue weighted by molar-refractivity contribution is -0.132. The smallest absolute Gasteiger partial charge is 0.260 e. The van der Waals surface area contributed by atoms with Crippen LogP contribution >= 0.6 is 0 Å². The number of nitrogens with one attached hydrogen (secondary N) is 1. The number of aromatic nitrogens is 1. The van der Waals surface area contributed by atoms with Gasteiger partial charge in [-0.25, -0.2) is 0 Å². The highest BCUT2D eigenvalue weighted by Gasteiger charge is 2.24. The molecule has 2 atom stereocenters. The normalized spacial score (nSPS) is 21.9. The van der Waals surface area contributed by atoms with Crippen LogP contribution in [-0.2, 0) is 16.1 Å². The summed E-state index contributed by atoms with van der Waals surface area (Å²) in [6.45, 7) is 3.26. The fourth-order valence-corrected chi connectivity index (χ4v) is 4.02. The molecular weight excluding hydrogens is 366 g/mol. The first-order valence-corrected chi connectivity index (χ1v) is 10.5. The Hall–Kier alpha value is -2.44. The molecule has 0 aliphatic carbocycles. The van der Waals surface area contributed by atoms with Gasteiger partial charge >= 0.3 is 0 Å². The molecule has 2 aliphatic rings. The Bertz CT molecular complexity index is 793. The summed E-state index contributed by atoms with van der Waals surface area (Å²) < 4.78 is 11.8. The molecule has 2 unspecified atom stereocenters. The third kappa shape index (κ3) is 5.34. The van der Waals surface area contributed by atoms with Gasteiger partial charge in [-0.15, -0.1) is 0 Å². The number of carbonyl (C=O) groups is 1. The highest BCUT2D eigenvalue weighted by molar-refractivity contribution is 5.78. The van der Waals surface area contributed by atoms with Crippen molar-refractivity contribution in [2.45, 2.75) is 44.4 Å². The van der Waals surface area contributed by atoms with Crippen molar-refractivity contribution in [3.8, 4) is 5.75 Å². The zero-order valence-corrected chi connectivity index (χ0v) is 16.8. The minimum Gasteiger partial charge on any atom is -0.483 e. The second-order valence-corrected chi connectivity index (χ2v) is 7.73. The highest BCUT2D eigenvalue weighted by Crippen LogP contribution is 2.28. The summed E-state index contributed by atoms with van der Waals surface area (Å²) in [6, 6.07) is 12.3. The molecule has 154 valence electrons. The Kier molecular flexibility index (Phi) is 6.75. The van der Waals surface area contributed by atoms with Gasteiger partial charge in [0.25, 0.3) is 5.91 Å². The van der Waals surface area contributed by atoms with E-state index in [9.17, 15) is 4.79 Å². The summed E-state index contributed by atoms with van der Waals surface area (Å²) in [5.74, 6) is 0.859. The van der Waals surface area contributed by atoms with Crippen molar-refractivity contribution in [1.29, 1.82) is 0 Å². The number of likely N-dealkylation sites (tertiary alicyclic amines) is 1. The van der Waals surface area contributed by atoms with E-state index in [2.05, 4.69) is 22.4 Å². The van der Waals surface area contributed by atoms with Gasteiger partial charge in [-0.1, -0.05) is 24.3 Å². The van der Waals surface area contributed by atoms with Crippen LogP contribution in [0.25, 0.3) is 0 Å². The fourth-order valence-electron chi connectivity index (χ4n) is 4.02. The van der Waals surface area contributed by atoms with E-state index in [1.807, 2.05) is 35.4 Å². The van der Waals surface area contributed by atoms with E-state index >= 15 is 0 Å². The SMILES string of the molecule is O=C(COc1ccccc1CNC1CCOC(c2cccnc2)C1)N1CCCC1. The standard InChI is InChI=1S/C23H29N3O3/c27-23(26-11-3-4-12-26)17-29-21-8-2-1-6-19(21)16-25-20-9-13-28-22(14-20)18-7-5-10-24-15-18/h1-2,5-8,10,15,20,22,25H,3-4,9,11-14,16-17H2. The van der Waals surface area contributed by atoms with Crippen LogP contribution in [-0.4, -0.2) is 48.1 Å². The Morgan fingerprint density at radius 2 is 2.07 bits per heavy atom. The monoisotopic (exact) mass is 395 g/mol. The Morgan fingerprint density at radius 1 is 1.21 bits per heavy atom. The average molecular weight is 396 g/mol. The predicted octanol–water partition coefficient (Wildman–Crippen LogP) is 3.09. The van der Waals surface area contributed by atoms with E-state index in [1.54, 1.807) is 6.20 Å². The number of para-hydroxylation sites is 1. The number of nitrogens with zero attached hydrogens (tertiary/aromatic N) is 2. The van der Waals surface area contributed by atoms with Gasteiger partial charge in [0, 0.05) is 50.2 Å². The second-order valence-electron chi connectivity index (χ2n) is 7.73. The molecule has 2 aliphatic heterocycles. The van der Waals surface area contributed by atoms with Crippen LogP contribution in [0.4, 0.5) is 0 Å². The van der Waals surface area contributed by atoms with Gasteiger partial charge in [-0.05, 0) is 43.4 Å². The van der Waals surface area contributed by atoms with Gasteiger partial charge in [-0.3, -0.25) is 9.78 Å². The third-order valence-electron chi connectivity index (χ3n) is 5.70. The van der Waals surface area contributed by atoms with E-state index in [-0.39, 0.29) is 18.6 Å². The average Bonchev–Trinajstić information content (AvgIpc) is 3.32. The molecule has 4 rings (SSSR count). The Morgan fingerprint density at radius 3 is 2.90 bits per heavy atom. The first kappa shape index (κ1) is 19.9. The predicted molar refractivity (Wildman–Crippen MR) is 111 cm³/mol. The van der Waals surface area contributed by atoms with E-state index < -0.39 is 0 Å². The van der Waals surface area contributed by atoms with Gasteiger partial charge in [0.2, 0.25) is 0 Å². The summed E-state index contributed by atoms with van der Waals surface area (Å²) >= 11 is 0. The molecule has 1 aromatic heterocycles. The zero-order chi connectivity index (χ0) is 19.9. The lowest BCUT2D eigenvalue weighted by Crippen LogP contribution is -2.36. The molecule has 0 saturated carbocycles. The molecule has 2 aromatic rings. The highest BCUT2D eigenvalue weighted by atomic mass is 16.5. The molecule has 0 bridgehead atoms. The lowest BCUT2D eigenvalue weighted by atomic mass is 9.98. The number of benzene rings is 1. The van der Waals surface area contributed by atoms with Gasteiger partial charge in [0.1, 0.15) is 5.75 Å². The zero-order valence-electron chi connectivity index (χ0n) is 16.8. The summed E-state index contributed by atoms with van der Waals surface area (Å²) in [4.78, 5) is 18.4. The molecule has 29 heavy (non-hydrogen) atoms. The summed E-state index contributed by atoms with van der Waals surface area (Å²) in [5, 5.41) is 3.65. The topological polar surface area (TPSA) is 63.7 Å². The number of amides is 1. The molecule has 3 heterocycles. The summed E-state index contributed by atoms with van der Waals surface area (Å²) in [5.41, 5.74) is 2.20. The van der Waals surface area contributed by atoms with Crippen molar-refractivity contribution >= 4 is 5.91 Å². The van der Waals surface area contributed by atoms with Crippen LogP contribution in [0, 0.1) is 0 Å². The number of ether oxygens (including phenoxy) is 2. The van der Waals surface area contributed by atoms with Crippen LogP contribution in [0.2, 0.25) is 0 Å². The largest absolute Gasteiger partial charge is 0.483 e. The van der Waals surface area contributed by atoms with Gasteiger partial charge in [0.05, 0.1) is 6.10 Å². The number of rotatable bonds is 7. The molecule has 1 aromatic carbocycles. The van der Waals surface area contributed by atoms with E-state index in [0.717, 1.165) is 62.3 Å². The Balaban J connectivity index is 1.31. The molecule has 0 radical (unpaired) electrons. The second kappa shape index (κ2) is 9.85. The maximum Gasteiger partial charge on any atom is 0.260 e. The molecule has 6 heteroatoms. The van der Waals surface area contributed by atoms with Gasteiger partial charge in [-0.2, -0.15) is 0 Å². The third-order valence-corrected chi connectivity index (χ3v) is 5.70. The van der Waals surface area contributed by atoms with Crippen molar-refractivity contribution in [2.24, 2.45) is 0 Å². The molecule has 2 saturated heterocycles. The first-order valence-electron chi connectivity index (χ1n) is 10.5. The molecular formula is C23H29N3O3. The summed E-state index contributed by atoms with van der Waals surface area (Å²) in [7, 11) is 0. The fraction of sp³-hybridized carbons (Fsp3) is 0.478. The molecule has 2 fully saturated rings. The number of carbonyl (C=O) groups excluding carboxylic acids is 1. The van der Waals surface area contributed by atoms with Crippen LogP contribution in [0.15, 0.2) is 48.8 Å². The van der Waals surface area contributed by atoms with E-state index in [1.165, 1.54) is 0 Å². The first-order chi connectivity index (χ1) is 14.3. The van der Waals surface area contributed by atoms with Gasteiger partial charge in [0.15, 0.2) is 6.61 Å². The van der Waals surface area contributed by atoms with Gasteiger partial charge < -0.3 is 19.7 Å². The molecule has 1 amide bonds. The maximum atomic E-state index is 12.3. The molecule has 6 nitrogen and oxygen atoms in total.